The lowest BCUT2D eigenvalue weighted by atomic mass is 9.74. The Morgan fingerprint density at radius 3 is 2.56 bits per heavy atom. The Balaban J connectivity index is 2.22. The summed E-state index contributed by atoms with van der Waals surface area (Å²) in [6, 6.07) is 9.05. The van der Waals surface area contributed by atoms with E-state index in [9.17, 15) is 0 Å². The molecule has 0 N–H and O–H groups in total. The van der Waals surface area contributed by atoms with E-state index >= 15 is 0 Å². The molecule has 2 aromatic rings. The number of rotatable bonds is 0. The van der Waals surface area contributed by atoms with Gasteiger partial charge in [0.15, 0.2) is 0 Å². The van der Waals surface area contributed by atoms with Crippen LogP contribution in [0.2, 0.25) is 0 Å². The van der Waals surface area contributed by atoms with E-state index < -0.39 is 0 Å². The molecular formula is C18H16. The molecule has 18 heavy (non-hydrogen) atoms. The van der Waals surface area contributed by atoms with Gasteiger partial charge in [0.05, 0.1) is 0 Å². The number of hydrogen-bond acceptors (Lipinski definition) is 0. The molecular weight excluding hydrogens is 216 g/mol. The summed E-state index contributed by atoms with van der Waals surface area (Å²) in [4.78, 5) is 0. The lowest BCUT2D eigenvalue weighted by molar-refractivity contribution is 0.640. The van der Waals surface area contributed by atoms with Crippen LogP contribution in [0.15, 0.2) is 36.4 Å². The molecule has 2 aliphatic carbocycles. The first kappa shape index (κ1) is 10.1. The van der Waals surface area contributed by atoms with Crippen LogP contribution in [-0.4, -0.2) is 0 Å². The molecule has 2 aromatic carbocycles. The van der Waals surface area contributed by atoms with Crippen LogP contribution in [0, 0.1) is 12.8 Å². The van der Waals surface area contributed by atoms with Crippen LogP contribution in [0.3, 0.4) is 0 Å². The van der Waals surface area contributed by atoms with Gasteiger partial charge in [-0.3, -0.25) is 0 Å². The van der Waals surface area contributed by atoms with Gasteiger partial charge >= 0.3 is 0 Å². The lowest BCUT2D eigenvalue weighted by Gasteiger charge is -2.30. The molecule has 88 valence electrons. The Morgan fingerprint density at radius 1 is 0.889 bits per heavy atom. The fourth-order valence-electron chi connectivity index (χ4n) is 3.42. The SMILES string of the molecule is Cc1ccc2c3c4c(ccc13)C=CC(C)C4C=C2. The number of benzene rings is 2. The van der Waals surface area contributed by atoms with Gasteiger partial charge in [-0.15, -0.1) is 0 Å². The maximum atomic E-state index is 2.38. The van der Waals surface area contributed by atoms with Crippen molar-refractivity contribution in [3.63, 3.8) is 0 Å². The smallest absolute Gasteiger partial charge is 0.00939 e. The van der Waals surface area contributed by atoms with Crippen molar-refractivity contribution in [2.24, 2.45) is 5.92 Å². The van der Waals surface area contributed by atoms with E-state index in [-0.39, 0.29) is 0 Å². The molecule has 0 saturated heterocycles. The van der Waals surface area contributed by atoms with Crippen molar-refractivity contribution in [3.05, 3.63) is 58.7 Å². The van der Waals surface area contributed by atoms with Crippen molar-refractivity contribution in [2.45, 2.75) is 19.8 Å². The molecule has 0 aromatic heterocycles. The Morgan fingerprint density at radius 2 is 1.67 bits per heavy atom. The summed E-state index contributed by atoms with van der Waals surface area (Å²) in [5.74, 6) is 1.16. The van der Waals surface area contributed by atoms with Crippen molar-refractivity contribution >= 4 is 22.9 Å². The highest BCUT2D eigenvalue weighted by molar-refractivity contribution is 6.00. The molecule has 0 amide bonds. The summed E-state index contributed by atoms with van der Waals surface area (Å²) in [5.41, 5.74) is 5.71. The van der Waals surface area contributed by atoms with Crippen LogP contribution >= 0.6 is 0 Å². The zero-order chi connectivity index (χ0) is 12.3. The molecule has 2 atom stereocenters. The van der Waals surface area contributed by atoms with Gasteiger partial charge in [0.25, 0.3) is 0 Å². The molecule has 0 spiro atoms. The van der Waals surface area contributed by atoms with Crippen LogP contribution < -0.4 is 0 Å². The first-order chi connectivity index (χ1) is 8.75. The minimum absolute atomic E-state index is 0.558. The zero-order valence-corrected chi connectivity index (χ0v) is 10.8. The van der Waals surface area contributed by atoms with Gasteiger partial charge in [-0.1, -0.05) is 55.5 Å². The van der Waals surface area contributed by atoms with Gasteiger partial charge in [-0.05, 0) is 45.9 Å². The highest BCUT2D eigenvalue weighted by Gasteiger charge is 2.26. The van der Waals surface area contributed by atoms with Crippen LogP contribution in [0.4, 0.5) is 0 Å². The molecule has 0 nitrogen and oxygen atoms in total. The van der Waals surface area contributed by atoms with Gasteiger partial charge in [-0.25, -0.2) is 0 Å². The average molecular weight is 232 g/mol. The second-order valence-electron chi connectivity index (χ2n) is 5.57. The fraction of sp³-hybridized carbons (Fsp3) is 0.222. The summed E-state index contributed by atoms with van der Waals surface area (Å²) >= 11 is 0. The van der Waals surface area contributed by atoms with Crippen molar-refractivity contribution in [1.29, 1.82) is 0 Å². The minimum atomic E-state index is 0.558. The maximum absolute atomic E-state index is 2.38. The monoisotopic (exact) mass is 232 g/mol. The number of hydrogen-bond donors (Lipinski definition) is 0. The second kappa shape index (κ2) is 3.35. The molecule has 0 saturated carbocycles. The maximum Gasteiger partial charge on any atom is 0.00939 e. The summed E-state index contributed by atoms with van der Waals surface area (Å²) in [6.45, 7) is 4.52. The zero-order valence-electron chi connectivity index (χ0n) is 10.8. The summed E-state index contributed by atoms with van der Waals surface area (Å²) in [6.07, 6.45) is 9.31. The van der Waals surface area contributed by atoms with E-state index in [1.54, 1.807) is 5.56 Å². The van der Waals surface area contributed by atoms with E-state index in [1.807, 2.05) is 0 Å². The van der Waals surface area contributed by atoms with Crippen molar-refractivity contribution in [2.75, 3.05) is 0 Å². The first-order valence-corrected chi connectivity index (χ1v) is 6.68. The third-order valence-electron chi connectivity index (χ3n) is 4.47. The molecule has 0 heteroatoms. The van der Waals surface area contributed by atoms with E-state index in [4.69, 9.17) is 0 Å². The van der Waals surface area contributed by atoms with E-state index in [2.05, 4.69) is 62.4 Å². The first-order valence-electron chi connectivity index (χ1n) is 6.68. The summed E-state index contributed by atoms with van der Waals surface area (Å²) < 4.78 is 0. The van der Waals surface area contributed by atoms with Crippen LogP contribution in [-0.2, 0) is 0 Å². The topological polar surface area (TPSA) is 0 Å². The minimum Gasteiger partial charge on any atom is -0.0802 e. The van der Waals surface area contributed by atoms with Gasteiger partial charge < -0.3 is 0 Å². The Labute approximate surface area is 108 Å². The van der Waals surface area contributed by atoms with E-state index in [0.29, 0.717) is 11.8 Å². The molecule has 0 heterocycles. The third-order valence-corrected chi connectivity index (χ3v) is 4.47. The molecule has 0 fully saturated rings. The van der Waals surface area contributed by atoms with Gasteiger partial charge in [0.1, 0.15) is 0 Å². The Bertz CT molecular complexity index is 716. The standard InChI is InChI=1S/C18H16/c1-11-3-5-13-8-10-16-12(2)4-6-14-7-9-15(11)17(13)18(14)16/h3-11,15H,1-2H3. The number of allylic oxidation sites excluding steroid dienone is 2. The fourth-order valence-corrected chi connectivity index (χ4v) is 3.42. The molecule has 2 unspecified atom stereocenters. The van der Waals surface area contributed by atoms with Crippen molar-refractivity contribution in [1.82, 2.24) is 0 Å². The highest BCUT2D eigenvalue weighted by atomic mass is 14.3. The quantitative estimate of drug-likeness (QED) is 0.604. The molecule has 2 aliphatic rings. The van der Waals surface area contributed by atoms with Crippen LogP contribution in [0.5, 0.6) is 0 Å². The second-order valence-corrected chi connectivity index (χ2v) is 5.57. The predicted molar refractivity (Wildman–Crippen MR) is 78.7 cm³/mol. The molecule has 0 bridgehead atoms. The summed E-state index contributed by atoms with van der Waals surface area (Å²) in [7, 11) is 0. The Kier molecular flexibility index (Phi) is 1.89. The predicted octanol–water partition coefficient (Wildman–Crippen LogP) is 4.92. The van der Waals surface area contributed by atoms with Crippen LogP contribution in [0.25, 0.3) is 22.9 Å². The lowest BCUT2D eigenvalue weighted by Crippen LogP contribution is -2.13. The van der Waals surface area contributed by atoms with Gasteiger partial charge in [0.2, 0.25) is 0 Å². The molecule has 0 radical (unpaired) electrons. The Hall–Kier alpha value is -1.82. The normalized spacial score (nSPS) is 23.7. The largest absolute Gasteiger partial charge is 0.0802 e. The van der Waals surface area contributed by atoms with Gasteiger partial charge in [-0.2, -0.15) is 0 Å². The van der Waals surface area contributed by atoms with Crippen LogP contribution in [0.1, 0.15) is 35.1 Å². The highest BCUT2D eigenvalue weighted by Crippen LogP contribution is 2.44. The molecule has 4 rings (SSSR count). The number of aryl methyl sites for hydroxylation is 1. The van der Waals surface area contributed by atoms with Crippen molar-refractivity contribution in [3.8, 4) is 0 Å². The molecule has 0 aliphatic heterocycles. The van der Waals surface area contributed by atoms with Crippen molar-refractivity contribution < 1.29 is 0 Å². The van der Waals surface area contributed by atoms with Gasteiger partial charge in [0, 0.05) is 5.92 Å². The summed E-state index contributed by atoms with van der Waals surface area (Å²) in [5, 5.41) is 2.90. The van der Waals surface area contributed by atoms with E-state index in [1.165, 1.54) is 27.5 Å². The third kappa shape index (κ3) is 1.16. The average Bonchev–Trinajstić information content (AvgIpc) is 2.40. The van der Waals surface area contributed by atoms with E-state index in [0.717, 1.165) is 0 Å².